The number of carbonyl (C=O) groups excluding carboxylic acids is 1. The average Bonchev–Trinajstić information content (AvgIpc) is 2.89. The van der Waals surface area contributed by atoms with Gasteiger partial charge in [0.15, 0.2) is 5.16 Å². The summed E-state index contributed by atoms with van der Waals surface area (Å²) in [6, 6.07) is 2.03. The summed E-state index contributed by atoms with van der Waals surface area (Å²) in [6.07, 6.45) is 2.16. The molecule has 1 aliphatic heterocycles. The van der Waals surface area contributed by atoms with Crippen molar-refractivity contribution in [3.05, 3.63) is 11.8 Å². The number of ether oxygens (including phenoxy) is 1. The molecule has 25 heavy (non-hydrogen) atoms. The van der Waals surface area contributed by atoms with Crippen molar-refractivity contribution >= 4 is 23.4 Å². The van der Waals surface area contributed by atoms with Crippen molar-refractivity contribution in [2.45, 2.75) is 50.9 Å². The van der Waals surface area contributed by atoms with E-state index in [1.807, 2.05) is 13.0 Å². The average molecular weight is 362 g/mol. The number of thioether (sulfide) groups is 1. The van der Waals surface area contributed by atoms with Crippen LogP contribution in [0.25, 0.3) is 0 Å². The Bertz CT molecular complexity index is 702. The Labute approximate surface area is 153 Å². The maximum absolute atomic E-state index is 13.0. The molecule has 0 aromatic carbocycles. The Kier molecular flexibility index (Phi) is 4.11. The monoisotopic (exact) mass is 361 g/mol. The molecule has 2 aliphatic carbocycles. The fraction of sp³-hybridized carbons (Fsp3) is 0.737. The highest BCUT2D eigenvalue weighted by Gasteiger charge is 2.66. The number of morpholine rings is 1. The first-order chi connectivity index (χ1) is 11.8. The molecular formula is C19H27N3O2S. The van der Waals surface area contributed by atoms with Crippen LogP contribution in [0.15, 0.2) is 11.2 Å². The molecule has 1 aromatic heterocycles. The lowest BCUT2D eigenvalue weighted by Crippen LogP contribution is -2.37. The molecule has 4 rings (SSSR count). The van der Waals surface area contributed by atoms with Crippen molar-refractivity contribution in [3.8, 4) is 0 Å². The molecule has 0 spiro atoms. The maximum atomic E-state index is 13.0. The summed E-state index contributed by atoms with van der Waals surface area (Å²) >= 11 is 1.59. The van der Waals surface area contributed by atoms with Crippen LogP contribution in [0.1, 0.15) is 39.3 Å². The van der Waals surface area contributed by atoms with E-state index in [2.05, 4.69) is 30.7 Å². The summed E-state index contributed by atoms with van der Waals surface area (Å²) in [5.74, 6) is 1.55. The molecule has 2 bridgehead atoms. The lowest BCUT2D eigenvalue weighted by Gasteiger charge is -2.37. The van der Waals surface area contributed by atoms with Crippen LogP contribution in [0.4, 0.5) is 5.82 Å². The number of carbonyl (C=O) groups is 1. The minimum absolute atomic E-state index is 0.0272. The van der Waals surface area contributed by atoms with Gasteiger partial charge in [0.2, 0.25) is 0 Å². The van der Waals surface area contributed by atoms with Crippen LogP contribution >= 0.6 is 11.8 Å². The number of anilines is 1. The van der Waals surface area contributed by atoms with Crippen molar-refractivity contribution in [1.29, 1.82) is 0 Å². The SMILES string of the molecule is Cc1cc(N2CCOCC2)nc(S[C@H]2C(=O)[C@H]3CC[C@@]2(C)C3(C)C)n1. The first kappa shape index (κ1) is 17.3. The van der Waals surface area contributed by atoms with Crippen LogP contribution < -0.4 is 4.90 Å². The highest BCUT2D eigenvalue weighted by Crippen LogP contribution is 2.67. The zero-order valence-corrected chi connectivity index (χ0v) is 16.4. The molecule has 6 heteroatoms. The van der Waals surface area contributed by atoms with Gasteiger partial charge < -0.3 is 9.64 Å². The van der Waals surface area contributed by atoms with Gasteiger partial charge in [-0.2, -0.15) is 0 Å². The van der Waals surface area contributed by atoms with Gasteiger partial charge >= 0.3 is 0 Å². The van der Waals surface area contributed by atoms with Crippen molar-refractivity contribution in [2.75, 3.05) is 31.2 Å². The number of rotatable bonds is 3. The quantitative estimate of drug-likeness (QED) is 0.771. The van der Waals surface area contributed by atoms with Gasteiger partial charge in [-0.25, -0.2) is 9.97 Å². The van der Waals surface area contributed by atoms with Crippen LogP contribution in [0.5, 0.6) is 0 Å². The molecule has 2 saturated carbocycles. The molecule has 0 radical (unpaired) electrons. The van der Waals surface area contributed by atoms with Crippen molar-refractivity contribution < 1.29 is 9.53 Å². The van der Waals surface area contributed by atoms with Crippen molar-refractivity contribution in [2.24, 2.45) is 16.7 Å². The normalized spacial score (nSPS) is 33.9. The second-order valence-electron chi connectivity index (χ2n) is 8.38. The standard InChI is InChI=1S/C19H27N3O2S/c1-12-11-14(22-7-9-24-10-8-22)21-17(20-12)25-16-15(23)13-5-6-19(16,4)18(13,2)3/h11,13,16H,5-10H2,1-4H3/t13-,16+,19-/m1/s1. The molecule has 3 fully saturated rings. The van der Waals surface area contributed by atoms with Crippen LogP contribution in [0.2, 0.25) is 0 Å². The molecule has 1 saturated heterocycles. The number of hydrogen-bond acceptors (Lipinski definition) is 6. The van der Waals surface area contributed by atoms with E-state index in [-0.39, 0.29) is 22.0 Å². The largest absolute Gasteiger partial charge is 0.378 e. The second-order valence-corrected chi connectivity index (χ2v) is 9.45. The van der Waals surface area contributed by atoms with Gasteiger partial charge in [-0.3, -0.25) is 4.79 Å². The van der Waals surface area contributed by atoms with Crippen molar-refractivity contribution in [3.63, 3.8) is 0 Å². The summed E-state index contributed by atoms with van der Waals surface area (Å²) in [4.78, 5) is 24.6. The van der Waals surface area contributed by atoms with Gasteiger partial charge in [0.25, 0.3) is 0 Å². The van der Waals surface area contributed by atoms with Gasteiger partial charge in [0, 0.05) is 30.8 Å². The van der Waals surface area contributed by atoms with E-state index in [9.17, 15) is 4.79 Å². The van der Waals surface area contributed by atoms with Crippen molar-refractivity contribution in [1.82, 2.24) is 9.97 Å². The second kappa shape index (κ2) is 5.95. The van der Waals surface area contributed by atoms with Crippen LogP contribution in [-0.4, -0.2) is 47.3 Å². The molecular weight excluding hydrogens is 334 g/mol. The molecule has 5 nitrogen and oxygen atoms in total. The highest BCUT2D eigenvalue weighted by atomic mass is 32.2. The minimum Gasteiger partial charge on any atom is -0.378 e. The predicted octanol–water partition coefficient (Wildman–Crippen LogP) is 3.11. The summed E-state index contributed by atoms with van der Waals surface area (Å²) in [5, 5.41) is 0.713. The van der Waals surface area contributed by atoms with Crippen LogP contribution in [-0.2, 0) is 9.53 Å². The van der Waals surface area contributed by atoms with E-state index >= 15 is 0 Å². The first-order valence-electron chi connectivity index (χ1n) is 9.22. The van der Waals surface area contributed by atoms with E-state index in [1.165, 1.54) is 0 Å². The van der Waals surface area contributed by atoms with Gasteiger partial charge in [-0.15, -0.1) is 0 Å². The number of ketones is 1. The Balaban J connectivity index is 1.61. The lowest BCUT2D eigenvalue weighted by atomic mass is 9.71. The Morgan fingerprint density at radius 1 is 1.24 bits per heavy atom. The number of aromatic nitrogens is 2. The molecule has 2 heterocycles. The Morgan fingerprint density at radius 2 is 1.96 bits per heavy atom. The topological polar surface area (TPSA) is 55.3 Å². The number of fused-ring (bicyclic) bond motifs is 2. The highest BCUT2D eigenvalue weighted by molar-refractivity contribution is 8.00. The molecule has 0 N–H and O–H groups in total. The minimum atomic E-state index is -0.0272. The summed E-state index contributed by atoms with van der Waals surface area (Å²) < 4.78 is 5.44. The summed E-state index contributed by atoms with van der Waals surface area (Å²) in [7, 11) is 0. The van der Waals surface area contributed by atoms with Crippen LogP contribution in [0.3, 0.4) is 0 Å². The van der Waals surface area contributed by atoms with E-state index in [0.29, 0.717) is 5.78 Å². The summed E-state index contributed by atoms with van der Waals surface area (Å²) in [5.41, 5.74) is 1.06. The van der Waals surface area contributed by atoms with E-state index in [4.69, 9.17) is 9.72 Å². The molecule has 136 valence electrons. The first-order valence-corrected chi connectivity index (χ1v) is 10.1. The van der Waals surface area contributed by atoms with Gasteiger partial charge in [-0.05, 0) is 30.6 Å². The fourth-order valence-corrected chi connectivity index (χ4v) is 6.33. The third kappa shape index (κ3) is 2.60. The summed E-state index contributed by atoms with van der Waals surface area (Å²) in [6.45, 7) is 12.0. The number of nitrogens with zero attached hydrogens (tertiary/aromatic N) is 3. The molecule has 0 unspecified atom stereocenters. The van der Waals surface area contributed by atoms with E-state index in [0.717, 1.165) is 55.8 Å². The predicted molar refractivity (Wildman–Crippen MR) is 99.1 cm³/mol. The smallest absolute Gasteiger partial charge is 0.190 e. The third-order valence-corrected chi connectivity index (χ3v) is 8.24. The molecule has 3 aliphatic rings. The zero-order valence-electron chi connectivity index (χ0n) is 15.5. The molecule has 1 aromatic rings. The van der Waals surface area contributed by atoms with Gasteiger partial charge in [0.05, 0.1) is 18.5 Å². The third-order valence-electron chi connectivity index (χ3n) is 6.85. The number of aryl methyl sites for hydroxylation is 1. The van der Waals surface area contributed by atoms with Crippen LogP contribution in [0, 0.1) is 23.7 Å². The van der Waals surface area contributed by atoms with Gasteiger partial charge in [0.1, 0.15) is 11.6 Å². The number of Topliss-reactive ketones (excluding diaryl/α,β-unsaturated/α-hetero) is 1. The molecule has 3 atom stereocenters. The van der Waals surface area contributed by atoms with E-state index in [1.54, 1.807) is 11.8 Å². The maximum Gasteiger partial charge on any atom is 0.190 e. The Morgan fingerprint density at radius 3 is 2.60 bits per heavy atom. The Hall–Kier alpha value is -1.14. The zero-order chi connectivity index (χ0) is 17.8. The fourth-order valence-electron chi connectivity index (χ4n) is 4.81. The van der Waals surface area contributed by atoms with E-state index < -0.39 is 0 Å². The lowest BCUT2D eigenvalue weighted by molar-refractivity contribution is -0.122. The van der Waals surface area contributed by atoms with Gasteiger partial charge in [-0.1, -0.05) is 32.5 Å². The number of hydrogen-bond donors (Lipinski definition) is 0. The molecule has 0 amide bonds.